The van der Waals surface area contributed by atoms with E-state index in [1.807, 2.05) is 12.1 Å². The van der Waals surface area contributed by atoms with Crippen molar-refractivity contribution in [3.05, 3.63) is 53.2 Å². The molecule has 2 unspecified atom stereocenters. The summed E-state index contributed by atoms with van der Waals surface area (Å²) in [7, 11) is 1.11. The third kappa shape index (κ3) is 8.23. The number of terminal acetylenes is 1. The number of aryl methyl sites for hydroxylation is 1. The minimum absolute atomic E-state index is 0.00512. The Morgan fingerprint density at radius 1 is 1.04 bits per heavy atom. The Balaban J connectivity index is 0.000000406. The normalized spacial score (nSPS) is 19.9. The van der Waals surface area contributed by atoms with Crippen LogP contribution in [0.4, 0.5) is 27.8 Å². The Hall–Kier alpha value is -4.12. The molecular formula is C42H49F5N6O2. The molecule has 4 aliphatic rings. The quantitative estimate of drug-likeness (QED) is 0.0894. The predicted octanol–water partition coefficient (Wildman–Crippen LogP) is 8.59. The van der Waals surface area contributed by atoms with Gasteiger partial charge in [0.15, 0.2) is 11.9 Å². The summed E-state index contributed by atoms with van der Waals surface area (Å²) in [4.78, 5) is 17.0. The average molecular weight is 765 g/mol. The highest BCUT2D eigenvalue weighted by molar-refractivity contribution is 6.02. The van der Waals surface area contributed by atoms with Gasteiger partial charge in [-0.3, -0.25) is 4.90 Å². The lowest BCUT2D eigenvalue weighted by Gasteiger charge is -2.31. The second kappa shape index (κ2) is 16.5. The number of pyridine rings is 1. The van der Waals surface area contributed by atoms with Gasteiger partial charge in [0.25, 0.3) is 0 Å². The topological polar surface area (TPSA) is 84.4 Å². The number of aromatic nitrogens is 3. The van der Waals surface area contributed by atoms with Crippen LogP contribution < -0.4 is 15.4 Å². The lowest BCUT2D eigenvalue weighted by Crippen LogP contribution is -2.43. The number of ether oxygens (including phenoxy) is 2. The van der Waals surface area contributed by atoms with E-state index in [0.29, 0.717) is 53.7 Å². The van der Waals surface area contributed by atoms with Gasteiger partial charge in [-0.25, -0.2) is 13.8 Å². The van der Waals surface area contributed by atoms with Crippen molar-refractivity contribution < 1.29 is 31.4 Å². The van der Waals surface area contributed by atoms with Crippen LogP contribution in [0.1, 0.15) is 82.4 Å². The zero-order chi connectivity index (χ0) is 38.7. The van der Waals surface area contributed by atoms with Crippen LogP contribution in [-0.2, 0) is 11.2 Å². The number of nitrogens with one attached hydrogen (secondary N) is 2. The molecule has 5 heterocycles. The maximum Gasteiger partial charge on any atom is 0.414 e. The highest BCUT2D eigenvalue weighted by Gasteiger charge is 2.49. The van der Waals surface area contributed by atoms with Gasteiger partial charge in [-0.05, 0) is 101 Å². The molecule has 1 aliphatic carbocycles. The number of alkyl halides is 3. The molecule has 2 aromatic heterocycles. The first-order chi connectivity index (χ1) is 26.6. The van der Waals surface area contributed by atoms with Gasteiger partial charge in [0.05, 0.1) is 22.2 Å². The zero-order valence-corrected chi connectivity index (χ0v) is 31.5. The number of nitrogens with zero attached hydrogens (tertiary/aromatic N) is 4. The Morgan fingerprint density at radius 3 is 2.49 bits per heavy atom. The van der Waals surface area contributed by atoms with Crippen LogP contribution in [0.2, 0.25) is 0 Å². The molecule has 2 saturated heterocycles. The van der Waals surface area contributed by atoms with Crippen molar-refractivity contribution in [1.29, 1.82) is 0 Å². The van der Waals surface area contributed by atoms with Crippen LogP contribution in [0, 0.1) is 29.9 Å². The molecule has 1 saturated carbocycles. The number of unbranched alkanes of at least 4 members (excludes halogenated alkanes) is 1. The van der Waals surface area contributed by atoms with Gasteiger partial charge in [-0.2, -0.15) is 23.1 Å². The van der Waals surface area contributed by atoms with Gasteiger partial charge in [-0.1, -0.05) is 43.5 Å². The molecule has 2 aromatic carbocycles. The zero-order valence-electron chi connectivity index (χ0n) is 31.5. The second-order valence-corrected chi connectivity index (χ2v) is 15.3. The van der Waals surface area contributed by atoms with Gasteiger partial charge in [0.1, 0.15) is 29.5 Å². The lowest BCUT2D eigenvalue weighted by atomic mass is 9.95. The smallest absolute Gasteiger partial charge is 0.414 e. The van der Waals surface area contributed by atoms with E-state index in [4.69, 9.17) is 26.1 Å². The molecule has 0 radical (unpaired) electrons. The minimum atomic E-state index is -4.17. The number of rotatable bonds is 11. The van der Waals surface area contributed by atoms with Crippen LogP contribution in [-0.4, -0.2) is 83.6 Å². The summed E-state index contributed by atoms with van der Waals surface area (Å²) in [6.07, 6.45) is 10.5. The Bertz CT molecular complexity index is 2040. The van der Waals surface area contributed by atoms with E-state index in [9.17, 15) is 17.6 Å². The molecule has 3 aliphatic heterocycles. The SMILES string of the molecule is C#Cc1c(F)ccc2cccc(-c3nc4c5c(nc(OCC67CCCN6CCC7)nc5c3F)NC(CNCCCC)CCC4)c12.COC(C1CC1)C(F)(F)F. The summed E-state index contributed by atoms with van der Waals surface area (Å²) in [5.74, 6) is 1.64. The van der Waals surface area contributed by atoms with Crippen LogP contribution in [0.25, 0.3) is 32.9 Å². The third-order valence-electron chi connectivity index (χ3n) is 11.5. The molecule has 13 heteroatoms. The molecule has 2 atom stereocenters. The molecule has 8 nitrogen and oxygen atoms in total. The van der Waals surface area contributed by atoms with Crippen LogP contribution >= 0.6 is 0 Å². The first kappa shape index (κ1) is 39.1. The summed E-state index contributed by atoms with van der Waals surface area (Å²) < 4.78 is 78.1. The monoisotopic (exact) mass is 764 g/mol. The fourth-order valence-corrected chi connectivity index (χ4v) is 8.61. The summed E-state index contributed by atoms with van der Waals surface area (Å²) in [5, 5.41) is 8.92. The first-order valence-electron chi connectivity index (χ1n) is 19.6. The minimum Gasteiger partial charge on any atom is -0.461 e. The summed E-state index contributed by atoms with van der Waals surface area (Å²) in [6.45, 7) is 6.54. The van der Waals surface area contributed by atoms with Crippen molar-refractivity contribution in [2.45, 2.75) is 101 Å². The first-order valence-corrected chi connectivity index (χ1v) is 19.6. The predicted molar refractivity (Wildman–Crippen MR) is 204 cm³/mol. The average Bonchev–Trinajstić information content (AvgIpc) is 3.78. The Labute approximate surface area is 319 Å². The molecule has 3 fully saturated rings. The second-order valence-electron chi connectivity index (χ2n) is 15.3. The fraction of sp³-hybridized carbons (Fsp3) is 0.548. The molecule has 8 rings (SSSR count). The largest absolute Gasteiger partial charge is 0.461 e. The van der Waals surface area contributed by atoms with E-state index in [0.717, 1.165) is 90.0 Å². The molecule has 0 spiro atoms. The van der Waals surface area contributed by atoms with Gasteiger partial charge >= 0.3 is 12.2 Å². The number of benzene rings is 2. The van der Waals surface area contributed by atoms with Crippen molar-refractivity contribution in [2.24, 2.45) is 5.92 Å². The summed E-state index contributed by atoms with van der Waals surface area (Å²) in [6, 6.07) is 8.69. The summed E-state index contributed by atoms with van der Waals surface area (Å²) >= 11 is 0. The number of methoxy groups -OCH3 is 1. The van der Waals surface area contributed by atoms with E-state index in [1.165, 1.54) is 6.07 Å². The molecule has 0 bridgehead atoms. The number of fused-ring (bicyclic) bond motifs is 2. The van der Waals surface area contributed by atoms with Gasteiger partial charge in [0.2, 0.25) is 0 Å². The maximum absolute atomic E-state index is 16.9. The molecule has 0 amide bonds. The molecule has 2 N–H and O–H groups in total. The third-order valence-corrected chi connectivity index (χ3v) is 11.5. The van der Waals surface area contributed by atoms with Gasteiger partial charge in [-0.15, -0.1) is 6.42 Å². The fourth-order valence-electron chi connectivity index (χ4n) is 8.61. The van der Waals surface area contributed by atoms with Crippen molar-refractivity contribution in [3.63, 3.8) is 0 Å². The number of anilines is 1. The van der Waals surface area contributed by atoms with Crippen molar-refractivity contribution in [3.8, 4) is 29.6 Å². The van der Waals surface area contributed by atoms with Crippen molar-refractivity contribution in [2.75, 3.05) is 45.2 Å². The van der Waals surface area contributed by atoms with Gasteiger partial charge in [0, 0.05) is 30.6 Å². The van der Waals surface area contributed by atoms with Crippen molar-refractivity contribution in [1.82, 2.24) is 25.2 Å². The standard InChI is InChI=1S/C36H40F2N6O.C6H9F3O/c1-3-5-18-39-21-24-11-7-13-28-30-33(42-35(43-34(30)40-24)45-22-36-16-8-19-44(36)20-9-17-36)31(38)32(41-28)26-12-6-10-23-14-15-27(37)25(4-2)29(23)26;1-10-5(4-2-3-4)6(7,8)9/h2,6,10,12,14-15,24,39H,3,5,7-9,11,13,16-22H2,1H3,(H,40,42,43);4-5H,2-3H2,1H3. The molecule has 294 valence electrons. The Morgan fingerprint density at radius 2 is 1.82 bits per heavy atom. The van der Waals surface area contributed by atoms with Gasteiger partial charge < -0.3 is 20.1 Å². The Kier molecular flexibility index (Phi) is 11.8. The van der Waals surface area contributed by atoms with Crippen LogP contribution in [0.15, 0.2) is 30.3 Å². The highest BCUT2D eigenvalue weighted by atomic mass is 19.4. The number of hydrogen-bond donors (Lipinski definition) is 2. The molecule has 4 aromatic rings. The van der Waals surface area contributed by atoms with E-state index >= 15 is 4.39 Å². The maximum atomic E-state index is 16.9. The summed E-state index contributed by atoms with van der Waals surface area (Å²) in [5.41, 5.74) is 1.50. The van der Waals surface area contributed by atoms with E-state index in [-0.39, 0.29) is 40.3 Å². The highest BCUT2D eigenvalue weighted by Crippen LogP contribution is 2.43. The molecule has 55 heavy (non-hydrogen) atoms. The molecular weight excluding hydrogens is 715 g/mol. The van der Waals surface area contributed by atoms with E-state index in [1.54, 1.807) is 12.1 Å². The van der Waals surface area contributed by atoms with Crippen molar-refractivity contribution >= 4 is 27.5 Å². The number of hydrogen-bond acceptors (Lipinski definition) is 8. The number of halogens is 5. The van der Waals surface area contributed by atoms with E-state index in [2.05, 4.69) is 33.1 Å². The van der Waals surface area contributed by atoms with Crippen LogP contribution in [0.3, 0.4) is 0 Å². The van der Waals surface area contributed by atoms with Crippen LogP contribution in [0.5, 0.6) is 6.01 Å². The van der Waals surface area contributed by atoms with E-state index < -0.39 is 23.9 Å². The lowest BCUT2D eigenvalue weighted by molar-refractivity contribution is -0.218.